The van der Waals surface area contributed by atoms with Gasteiger partial charge >= 0.3 is 0 Å². The van der Waals surface area contributed by atoms with Gasteiger partial charge in [-0.3, -0.25) is 9.89 Å². The Morgan fingerprint density at radius 2 is 2.00 bits per heavy atom. The van der Waals surface area contributed by atoms with Gasteiger partial charge in [-0.05, 0) is 24.1 Å². The number of aromatic nitrogens is 2. The first kappa shape index (κ1) is 10.4. The number of fused-ring (bicyclic) bond motifs is 1. The third kappa shape index (κ3) is 2.70. The van der Waals surface area contributed by atoms with Crippen molar-refractivity contribution in [3.63, 3.8) is 0 Å². The molecule has 0 fully saturated rings. The van der Waals surface area contributed by atoms with Crippen LogP contribution in [-0.2, 0) is 11.2 Å². The van der Waals surface area contributed by atoms with Crippen molar-refractivity contribution in [1.29, 1.82) is 0 Å². The second kappa shape index (κ2) is 5.11. The number of hydrogen-bond acceptors (Lipinski definition) is 2. The van der Waals surface area contributed by atoms with Crippen molar-refractivity contribution < 1.29 is 4.79 Å². The molecule has 82 valence electrons. The van der Waals surface area contributed by atoms with Crippen molar-refractivity contribution in [3.05, 3.63) is 48.3 Å². The maximum Gasteiger partial charge on any atom is 0.224 e. The molecule has 0 atom stereocenters. The molecule has 2 N–H and O–H groups in total. The minimum atomic E-state index is 0.128. The van der Waals surface area contributed by atoms with E-state index < -0.39 is 0 Å². The van der Waals surface area contributed by atoms with Crippen LogP contribution in [0, 0.1) is 0 Å². The first-order valence-electron chi connectivity index (χ1n) is 5.18. The van der Waals surface area contributed by atoms with E-state index in [0.717, 1.165) is 12.1 Å². The summed E-state index contributed by atoms with van der Waals surface area (Å²) in [4.78, 5) is 10.9. The largest absolute Gasteiger partial charge is 0.326 e. The lowest BCUT2D eigenvalue weighted by molar-refractivity contribution is -0.116. The second-order valence-electron chi connectivity index (χ2n) is 3.47. The highest BCUT2D eigenvalue weighted by atomic mass is 16.1. The molecule has 1 amide bonds. The molecular formula is C12H13N3O. The van der Waals surface area contributed by atoms with Crippen molar-refractivity contribution >= 4 is 11.6 Å². The highest BCUT2D eigenvalue weighted by Gasteiger charge is 2.12. The number of carbonyl (C=O) groups excluding carboxylic acids is 1. The van der Waals surface area contributed by atoms with Crippen LogP contribution in [0.5, 0.6) is 0 Å². The molecule has 16 heavy (non-hydrogen) atoms. The maximum absolute atomic E-state index is 10.9. The van der Waals surface area contributed by atoms with Crippen LogP contribution in [0.1, 0.15) is 12.0 Å². The third-order valence-electron chi connectivity index (χ3n) is 2.32. The third-order valence-corrected chi connectivity index (χ3v) is 2.32. The summed E-state index contributed by atoms with van der Waals surface area (Å²) in [6, 6.07) is 9.75. The van der Waals surface area contributed by atoms with E-state index in [-0.39, 0.29) is 5.91 Å². The van der Waals surface area contributed by atoms with E-state index >= 15 is 0 Å². The number of nitrogens with zero attached hydrogens (tertiary/aromatic N) is 1. The molecule has 0 unspecified atom stereocenters. The molecule has 0 saturated carbocycles. The van der Waals surface area contributed by atoms with Crippen LogP contribution in [0.3, 0.4) is 0 Å². The zero-order valence-electron chi connectivity index (χ0n) is 8.81. The van der Waals surface area contributed by atoms with Crippen LogP contribution in [-0.4, -0.2) is 16.1 Å². The number of rotatable bonds is 0. The Labute approximate surface area is 93.7 Å². The van der Waals surface area contributed by atoms with Crippen molar-refractivity contribution in [2.75, 3.05) is 5.32 Å². The van der Waals surface area contributed by atoms with Crippen LogP contribution >= 0.6 is 0 Å². The lowest BCUT2D eigenvalue weighted by Gasteiger charge is -2.15. The molecule has 1 aromatic heterocycles. The van der Waals surface area contributed by atoms with E-state index in [1.54, 1.807) is 12.4 Å². The first-order valence-corrected chi connectivity index (χ1v) is 5.18. The number of benzene rings is 1. The van der Waals surface area contributed by atoms with Gasteiger partial charge in [0.2, 0.25) is 5.91 Å². The molecule has 0 spiro atoms. The molecule has 0 aliphatic carbocycles. The summed E-state index contributed by atoms with van der Waals surface area (Å²) in [6.07, 6.45) is 4.96. The van der Waals surface area contributed by atoms with Gasteiger partial charge in [-0.25, -0.2) is 0 Å². The number of aryl methyl sites for hydroxylation is 1. The van der Waals surface area contributed by atoms with Crippen LogP contribution in [0.2, 0.25) is 0 Å². The van der Waals surface area contributed by atoms with Gasteiger partial charge in [0.25, 0.3) is 0 Å². The predicted octanol–water partition coefficient (Wildman–Crippen LogP) is 1.98. The summed E-state index contributed by atoms with van der Waals surface area (Å²) in [5.41, 5.74) is 2.22. The molecule has 4 heteroatoms. The van der Waals surface area contributed by atoms with Crippen molar-refractivity contribution in [1.82, 2.24) is 10.2 Å². The van der Waals surface area contributed by atoms with Crippen molar-refractivity contribution in [3.8, 4) is 0 Å². The van der Waals surface area contributed by atoms with E-state index in [9.17, 15) is 4.79 Å². The van der Waals surface area contributed by atoms with Crippen LogP contribution in [0.15, 0.2) is 42.7 Å². The molecule has 3 rings (SSSR count). The quantitative estimate of drug-likeness (QED) is 0.706. The number of anilines is 1. The molecule has 1 aliphatic heterocycles. The summed E-state index contributed by atoms with van der Waals surface area (Å²) >= 11 is 0. The summed E-state index contributed by atoms with van der Waals surface area (Å²) < 4.78 is 0. The second-order valence-corrected chi connectivity index (χ2v) is 3.47. The molecule has 0 saturated heterocycles. The van der Waals surface area contributed by atoms with Gasteiger partial charge in [0.05, 0.1) is 0 Å². The fraction of sp³-hybridized carbons (Fsp3) is 0.167. The number of para-hydroxylation sites is 1. The molecule has 1 aliphatic rings. The Balaban J connectivity index is 0.000000162. The molecule has 0 radical (unpaired) electrons. The summed E-state index contributed by atoms with van der Waals surface area (Å²) in [5, 5.41) is 9.03. The molecule has 2 heterocycles. The highest BCUT2D eigenvalue weighted by Crippen LogP contribution is 2.20. The van der Waals surface area contributed by atoms with Gasteiger partial charge in [-0.1, -0.05) is 18.2 Å². The van der Waals surface area contributed by atoms with Gasteiger partial charge in [-0.2, -0.15) is 5.10 Å². The number of carbonyl (C=O) groups is 1. The Morgan fingerprint density at radius 3 is 2.69 bits per heavy atom. The highest BCUT2D eigenvalue weighted by molar-refractivity contribution is 5.93. The van der Waals surface area contributed by atoms with Gasteiger partial charge < -0.3 is 5.32 Å². The zero-order valence-corrected chi connectivity index (χ0v) is 8.81. The van der Waals surface area contributed by atoms with E-state index in [2.05, 4.69) is 21.6 Å². The zero-order chi connectivity index (χ0) is 11.2. The number of nitrogens with one attached hydrogen (secondary N) is 2. The molecule has 4 nitrogen and oxygen atoms in total. The van der Waals surface area contributed by atoms with E-state index in [4.69, 9.17) is 0 Å². The van der Waals surface area contributed by atoms with E-state index in [0.29, 0.717) is 6.42 Å². The topological polar surface area (TPSA) is 57.8 Å². The Bertz CT molecular complexity index is 434. The molecule has 1 aromatic carbocycles. The van der Waals surface area contributed by atoms with Gasteiger partial charge in [0.1, 0.15) is 0 Å². The number of amides is 1. The van der Waals surface area contributed by atoms with Crippen LogP contribution < -0.4 is 5.32 Å². The fourth-order valence-corrected chi connectivity index (χ4v) is 1.54. The van der Waals surface area contributed by atoms with Crippen molar-refractivity contribution in [2.24, 2.45) is 0 Å². The Morgan fingerprint density at radius 1 is 1.12 bits per heavy atom. The summed E-state index contributed by atoms with van der Waals surface area (Å²) in [5.74, 6) is 0.128. The maximum atomic E-state index is 10.9. The van der Waals surface area contributed by atoms with Crippen LogP contribution in [0.4, 0.5) is 5.69 Å². The SMILES string of the molecule is O=C1CCc2ccccc2N1.c1cn[nH]c1. The van der Waals surface area contributed by atoms with Gasteiger partial charge in [0, 0.05) is 24.5 Å². The predicted molar refractivity (Wildman–Crippen MR) is 62.0 cm³/mol. The first-order chi connectivity index (χ1) is 7.86. The standard InChI is InChI=1S/C9H9NO.C3H4N2/c11-9-6-5-7-3-1-2-4-8(7)10-9;1-2-4-5-3-1/h1-4H,5-6H2,(H,10,11);1-3H,(H,4,5). The number of hydrogen-bond donors (Lipinski definition) is 2. The normalized spacial score (nSPS) is 13.1. The fourth-order valence-electron chi connectivity index (χ4n) is 1.54. The lowest BCUT2D eigenvalue weighted by Crippen LogP contribution is -2.18. The Hall–Kier alpha value is -2.10. The monoisotopic (exact) mass is 215 g/mol. The van der Waals surface area contributed by atoms with Gasteiger partial charge in [0.15, 0.2) is 0 Å². The summed E-state index contributed by atoms with van der Waals surface area (Å²) in [7, 11) is 0. The molecule has 0 bridgehead atoms. The number of aromatic amines is 1. The average Bonchev–Trinajstić information content (AvgIpc) is 2.87. The van der Waals surface area contributed by atoms with Crippen molar-refractivity contribution in [2.45, 2.75) is 12.8 Å². The van der Waals surface area contributed by atoms with E-state index in [1.807, 2.05) is 24.3 Å². The minimum absolute atomic E-state index is 0.128. The molecule has 2 aromatic rings. The lowest BCUT2D eigenvalue weighted by atomic mass is 10.0. The summed E-state index contributed by atoms with van der Waals surface area (Å²) in [6.45, 7) is 0. The van der Waals surface area contributed by atoms with Crippen LogP contribution in [0.25, 0.3) is 0 Å². The minimum Gasteiger partial charge on any atom is -0.326 e. The average molecular weight is 215 g/mol. The smallest absolute Gasteiger partial charge is 0.224 e. The van der Waals surface area contributed by atoms with E-state index in [1.165, 1.54) is 5.56 Å². The van der Waals surface area contributed by atoms with Gasteiger partial charge in [-0.15, -0.1) is 0 Å². The number of H-pyrrole nitrogens is 1. The molecular weight excluding hydrogens is 202 g/mol. The Kier molecular flexibility index (Phi) is 3.33.